The number of anilines is 2. The Labute approximate surface area is 117 Å². The molecule has 2 rings (SSSR count). The van der Waals surface area contributed by atoms with Crippen molar-refractivity contribution in [2.24, 2.45) is 5.73 Å². The molecule has 0 aliphatic heterocycles. The SMILES string of the molecule is COc1ccc(NC(=O)Nc2cccc(CN)c2)cn1. The van der Waals surface area contributed by atoms with Crippen LogP contribution in [0.4, 0.5) is 16.2 Å². The Morgan fingerprint density at radius 1 is 1.25 bits per heavy atom. The Bertz CT molecular complexity index is 584. The van der Waals surface area contributed by atoms with E-state index in [0.717, 1.165) is 5.56 Å². The molecule has 0 radical (unpaired) electrons. The minimum Gasteiger partial charge on any atom is -0.481 e. The number of benzene rings is 1. The number of rotatable bonds is 4. The number of nitrogens with zero attached hydrogens (tertiary/aromatic N) is 1. The highest BCUT2D eigenvalue weighted by Gasteiger charge is 2.03. The summed E-state index contributed by atoms with van der Waals surface area (Å²) in [4.78, 5) is 15.8. The van der Waals surface area contributed by atoms with Crippen molar-refractivity contribution < 1.29 is 9.53 Å². The molecule has 6 heteroatoms. The van der Waals surface area contributed by atoms with Crippen molar-refractivity contribution in [3.63, 3.8) is 0 Å². The monoisotopic (exact) mass is 272 g/mol. The summed E-state index contributed by atoms with van der Waals surface area (Å²) >= 11 is 0. The molecule has 0 aliphatic rings. The summed E-state index contributed by atoms with van der Waals surface area (Å²) in [6, 6.07) is 10.4. The van der Waals surface area contributed by atoms with E-state index >= 15 is 0 Å². The van der Waals surface area contributed by atoms with Crippen LogP contribution in [-0.2, 0) is 6.54 Å². The number of amides is 2. The number of carbonyl (C=O) groups excluding carboxylic acids is 1. The van der Waals surface area contributed by atoms with Crippen LogP contribution in [0.2, 0.25) is 0 Å². The first-order valence-electron chi connectivity index (χ1n) is 6.08. The van der Waals surface area contributed by atoms with Gasteiger partial charge in [0.2, 0.25) is 5.88 Å². The number of pyridine rings is 1. The van der Waals surface area contributed by atoms with Crippen LogP contribution in [0.1, 0.15) is 5.56 Å². The summed E-state index contributed by atoms with van der Waals surface area (Å²) in [6.07, 6.45) is 1.52. The van der Waals surface area contributed by atoms with Crippen molar-refractivity contribution in [1.82, 2.24) is 4.98 Å². The zero-order valence-electron chi connectivity index (χ0n) is 11.1. The van der Waals surface area contributed by atoms with E-state index in [1.54, 1.807) is 18.2 Å². The number of nitrogens with two attached hydrogens (primary N) is 1. The van der Waals surface area contributed by atoms with E-state index in [1.807, 2.05) is 18.2 Å². The predicted octanol–water partition coefficient (Wildman–Crippen LogP) is 2.19. The average Bonchev–Trinajstić information content (AvgIpc) is 2.48. The lowest BCUT2D eigenvalue weighted by Crippen LogP contribution is -2.19. The molecule has 0 spiro atoms. The fourth-order valence-corrected chi connectivity index (χ4v) is 1.64. The van der Waals surface area contributed by atoms with Gasteiger partial charge in [-0.05, 0) is 23.8 Å². The Morgan fingerprint density at radius 2 is 2.05 bits per heavy atom. The van der Waals surface area contributed by atoms with Crippen LogP contribution in [0.5, 0.6) is 5.88 Å². The summed E-state index contributed by atoms with van der Waals surface area (Å²) in [5.41, 5.74) is 7.77. The van der Waals surface area contributed by atoms with Gasteiger partial charge in [-0.3, -0.25) is 0 Å². The lowest BCUT2D eigenvalue weighted by atomic mass is 10.2. The first-order chi connectivity index (χ1) is 9.71. The van der Waals surface area contributed by atoms with Gasteiger partial charge in [0.25, 0.3) is 0 Å². The van der Waals surface area contributed by atoms with Gasteiger partial charge < -0.3 is 21.1 Å². The third-order valence-electron chi connectivity index (χ3n) is 2.62. The van der Waals surface area contributed by atoms with E-state index in [4.69, 9.17) is 10.5 Å². The van der Waals surface area contributed by atoms with Crippen LogP contribution in [0.25, 0.3) is 0 Å². The van der Waals surface area contributed by atoms with E-state index in [2.05, 4.69) is 15.6 Å². The lowest BCUT2D eigenvalue weighted by molar-refractivity contribution is 0.262. The molecule has 0 atom stereocenters. The van der Waals surface area contributed by atoms with Crippen LogP contribution in [0.15, 0.2) is 42.6 Å². The van der Waals surface area contributed by atoms with Crippen molar-refractivity contribution >= 4 is 17.4 Å². The van der Waals surface area contributed by atoms with Gasteiger partial charge in [0, 0.05) is 18.3 Å². The zero-order valence-corrected chi connectivity index (χ0v) is 11.1. The van der Waals surface area contributed by atoms with E-state index in [9.17, 15) is 4.79 Å². The fraction of sp³-hybridized carbons (Fsp3) is 0.143. The largest absolute Gasteiger partial charge is 0.481 e. The van der Waals surface area contributed by atoms with Crippen molar-refractivity contribution in [2.45, 2.75) is 6.54 Å². The molecule has 0 unspecified atom stereocenters. The van der Waals surface area contributed by atoms with Gasteiger partial charge in [-0.15, -0.1) is 0 Å². The zero-order chi connectivity index (χ0) is 14.4. The maximum atomic E-state index is 11.8. The minimum absolute atomic E-state index is 0.342. The maximum absolute atomic E-state index is 11.8. The molecule has 4 N–H and O–H groups in total. The molecule has 0 saturated carbocycles. The van der Waals surface area contributed by atoms with Crippen LogP contribution < -0.4 is 21.1 Å². The lowest BCUT2D eigenvalue weighted by Gasteiger charge is -2.08. The third-order valence-corrected chi connectivity index (χ3v) is 2.62. The molecule has 2 aromatic rings. The van der Waals surface area contributed by atoms with E-state index in [-0.39, 0.29) is 6.03 Å². The first-order valence-corrected chi connectivity index (χ1v) is 6.08. The van der Waals surface area contributed by atoms with E-state index in [0.29, 0.717) is 23.8 Å². The number of ether oxygens (including phenoxy) is 1. The molecule has 0 bridgehead atoms. The number of hydrogen-bond acceptors (Lipinski definition) is 4. The fourth-order valence-electron chi connectivity index (χ4n) is 1.64. The van der Waals surface area contributed by atoms with Gasteiger partial charge in [-0.25, -0.2) is 9.78 Å². The van der Waals surface area contributed by atoms with Crippen molar-refractivity contribution in [2.75, 3.05) is 17.7 Å². The van der Waals surface area contributed by atoms with Crippen molar-refractivity contribution in [3.05, 3.63) is 48.2 Å². The second kappa shape index (κ2) is 6.53. The molecule has 0 fully saturated rings. The van der Waals surface area contributed by atoms with Crippen molar-refractivity contribution in [1.29, 1.82) is 0 Å². The van der Waals surface area contributed by atoms with E-state index in [1.165, 1.54) is 13.3 Å². The quantitative estimate of drug-likeness (QED) is 0.796. The Morgan fingerprint density at radius 3 is 2.70 bits per heavy atom. The van der Waals surface area contributed by atoms with Gasteiger partial charge >= 0.3 is 6.03 Å². The Balaban J connectivity index is 1.97. The summed E-state index contributed by atoms with van der Waals surface area (Å²) in [7, 11) is 1.53. The van der Waals surface area contributed by atoms with Crippen LogP contribution in [0, 0.1) is 0 Å². The molecular formula is C14H16N4O2. The summed E-state index contributed by atoms with van der Waals surface area (Å²) in [5.74, 6) is 0.492. The van der Waals surface area contributed by atoms with Crippen LogP contribution >= 0.6 is 0 Å². The maximum Gasteiger partial charge on any atom is 0.323 e. The van der Waals surface area contributed by atoms with Crippen molar-refractivity contribution in [3.8, 4) is 5.88 Å². The average molecular weight is 272 g/mol. The van der Waals surface area contributed by atoms with Gasteiger partial charge in [-0.1, -0.05) is 12.1 Å². The molecule has 1 heterocycles. The number of aromatic nitrogens is 1. The molecule has 1 aromatic carbocycles. The smallest absolute Gasteiger partial charge is 0.323 e. The van der Waals surface area contributed by atoms with Gasteiger partial charge in [0.1, 0.15) is 0 Å². The normalized spacial score (nSPS) is 9.90. The predicted molar refractivity (Wildman–Crippen MR) is 77.8 cm³/mol. The van der Waals surface area contributed by atoms with Gasteiger partial charge in [0.15, 0.2) is 0 Å². The highest BCUT2D eigenvalue weighted by molar-refractivity contribution is 5.99. The third kappa shape index (κ3) is 3.69. The minimum atomic E-state index is -0.342. The second-order valence-electron chi connectivity index (χ2n) is 4.07. The Hall–Kier alpha value is -2.60. The molecule has 0 aliphatic carbocycles. The number of urea groups is 1. The molecule has 2 amide bonds. The topological polar surface area (TPSA) is 89.3 Å². The summed E-state index contributed by atoms with van der Waals surface area (Å²) < 4.78 is 4.94. The van der Waals surface area contributed by atoms with Gasteiger partial charge in [-0.2, -0.15) is 0 Å². The molecule has 0 saturated heterocycles. The second-order valence-corrected chi connectivity index (χ2v) is 4.07. The standard InChI is InChI=1S/C14H16N4O2/c1-20-13-6-5-12(9-16-13)18-14(19)17-11-4-2-3-10(7-11)8-15/h2-7,9H,8,15H2,1H3,(H2,17,18,19). The first kappa shape index (κ1) is 13.8. The summed E-state index contributed by atoms with van der Waals surface area (Å²) in [5, 5.41) is 5.41. The molecule has 6 nitrogen and oxygen atoms in total. The number of methoxy groups -OCH3 is 1. The highest BCUT2D eigenvalue weighted by Crippen LogP contribution is 2.13. The summed E-state index contributed by atoms with van der Waals surface area (Å²) in [6.45, 7) is 0.430. The van der Waals surface area contributed by atoms with Crippen LogP contribution in [0.3, 0.4) is 0 Å². The van der Waals surface area contributed by atoms with Crippen LogP contribution in [-0.4, -0.2) is 18.1 Å². The molecular weight excluding hydrogens is 256 g/mol. The van der Waals surface area contributed by atoms with Gasteiger partial charge in [0.05, 0.1) is 19.0 Å². The Kier molecular flexibility index (Phi) is 4.52. The number of nitrogens with one attached hydrogen (secondary N) is 2. The molecule has 1 aromatic heterocycles. The number of carbonyl (C=O) groups is 1. The molecule has 20 heavy (non-hydrogen) atoms. The van der Waals surface area contributed by atoms with E-state index < -0.39 is 0 Å². The number of hydrogen-bond donors (Lipinski definition) is 3. The highest BCUT2D eigenvalue weighted by atomic mass is 16.5. The molecule has 104 valence electrons.